The first-order chi connectivity index (χ1) is 13.6. The first kappa shape index (κ1) is 21.3. The molecule has 150 valence electrons. The summed E-state index contributed by atoms with van der Waals surface area (Å²) in [5.74, 6) is -0.429. The summed E-state index contributed by atoms with van der Waals surface area (Å²) in [5.41, 5.74) is 0. The lowest BCUT2D eigenvalue weighted by Crippen LogP contribution is -2.08. The van der Waals surface area contributed by atoms with Crippen LogP contribution in [0.1, 0.15) is 51.4 Å². The number of phenolic OH excluding ortho intramolecular Hbond substituents is 2. The minimum atomic E-state index is -0.353. The number of benzene rings is 2. The fourth-order valence-corrected chi connectivity index (χ4v) is 2.68. The van der Waals surface area contributed by atoms with E-state index in [-0.39, 0.29) is 34.9 Å². The fraction of sp³-hybridized carbons (Fsp3) is 0.364. The number of para-hydroxylation sites is 4. The molecule has 0 aliphatic carbocycles. The Morgan fingerprint density at radius 3 is 1.36 bits per heavy atom. The highest BCUT2D eigenvalue weighted by atomic mass is 16.5. The summed E-state index contributed by atoms with van der Waals surface area (Å²) in [7, 11) is 0. The third-order valence-corrected chi connectivity index (χ3v) is 4.19. The Hall–Kier alpha value is -3.02. The average Bonchev–Trinajstić information content (AvgIpc) is 2.67. The van der Waals surface area contributed by atoms with E-state index in [0.717, 1.165) is 38.5 Å². The van der Waals surface area contributed by atoms with Gasteiger partial charge in [-0.25, -0.2) is 0 Å². The van der Waals surface area contributed by atoms with Crippen LogP contribution >= 0.6 is 0 Å². The monoisotopic (exact) mass is 386 g/mol. The van der Waals surface area contributed by atoms with Crippen LogP contribution in [0.4, 0.5) is 0 Å². The molecule has 0 fully saturated rings. The van der Waals surface area contributed by atoms with Crippen molar-refractivity contribution >= 4 is 11.9 Å². The minimum Gasteiger partial charge on any atom is -0.504 e. The Kier molecular flexibility index (Phi) is 8.85. The largest absolute Gasteiger partial charge is 0.504 e. The van der Waals surface area contributed by atoms with Crippen LogP contribution in [0.5, 0.6) is 23.0 Å². The smallest absolute Gasteiger partial charge is 0.311 e. The molecule has 0 saturated heterocycles. The van der Waals surface area contributed by atoms with E-state index in [9.17, 15) is 19.8 Å². The van der Waals surface area contributed by atoms with Crippen LogP contribution in [0.25, 0.3) is 0 Å². The van der Waals surface area contributed by atoms with Crippen molar-refractivity contribution < 1.29 is 29.3 Å². The molecule has 0 bridgehead atoms. The summed E-state index contributed by atoms with van der Waals surface area (Å²) in [6, 6.07) is 12.8. The third-order valence-electron chi connectivity index (χ3n) is 4.19. The van der Waals surface area contributed by atoms with E-state index in [4.69, 9.17) is 9.47 Å². The van der Waals surface area contributed by atoms with Crippen LogP contribution < -0.4 is 9.47 Å². The molecular weight excluding hydrogens is 360 g/mol. The molecule has 0 amide bonds. The quantitative estimate of drug-likeness (QED) is 0.329. The average molecular weight is 386 g/mol. The lowest BCUT2D eigenvalue weighted by Gasteiger charge is -2.06. The Balaban J connectivity index is 1.48. The Morgan fingerprint density at radius 1 is 0.607 bits per heavy atom. The van der Waals surface area contributed by atoms with Gasteiger partial charge in [-0.15, -0.1) is 0 Å². The maximum absolute atomic E-state index is 11.7. The van der Waals surface area contributed by atoms with Crippen LogP contribution in [0.3, 0.4) is 0 Å². The molecular formula is C22H26O6. The molecule has 2 rings (SSSR count). The van der Waals surface area contributed by atoms with Gasteiger partial charge in [-0.1, -0.05) is 49.9 Å². The highest BCUT2D eigenvalue weighted by Gasteiger charge is 2.09. The molecule has 0 heterocycles. The Bertz CT molecular complexity index is 706. The van der Waals surface area contributed by atoms with Crippen molar-refractivity contribution in [1.29, 1.82) is 0 Å². The number of phenols is 2. The molecule has 0 unspecified atom stereocenters. The van der Waals surface area contributed by atoms with E-state index in [1.165, 1.54) is 12.1 Å². The molecule has 2 N–H and O–H groups in total. The first-order valence-corrected chi connectivity index (χ1v) is 9.53. The second-order valence-corrected chi connectivity index (χ2v) is 6.50. The summed E-state index contributed by atoms with van der Waals surface area (Å²) in [5, 5.41) is 19.1. The number of carbonyl (C=O) groups is 2. The second kappa shape index (κ2) is 11.6. The standard InChI is InChI=1S/C22H26O6/c23-17-11-7-9-13-19(17)27-21(25)15-5-3-1-2-4-6-16-22(26)28-20-14-10-8-12-18(20)24/h7-14,23-24H,1-6,15-16H2. The van der Waals surface area contributed by atoms with Crippen molar-refractivity contribution in [1.82, 2.24) is 0 Å². The van der Waals surface area contributed by atoms with Gasteiger partial charge in [0, 0.05) is 12.8 Å². The molecule has 28 heavy (non-hydrogen) atoms. The highest BCUT2D eigenvalue weighted by molar-refractivity contribution is 5.73. The summed E-state index contributed by atoms with van der Waals surface area (Å²) < 4.78 is 10.2. The fourth-order valence-electron chi connectivity index (χ4n) is 2.68. The van der Waals surface area contributed by atoms with Gasteiger partial charge in [-0.05, 0) is 37.1 Å². The topological polar surface area (TPSA) is 93.1 Å². The van der Waals surface area contributed by atoms with Gasteiger partial charge in [0.15, 0.2) is 23.0 Å². The van der Waals surface area contributed by atoms with Crippen molar-refractivity contribution in [3.63, 3.8) is 0 Å². The van der Waals surface area contributed by atoms with E-state index in [1.54, 1.807) is 36.4 Å². The molecule has 2 aromatic rings. The van der Waals surface area contributed by atoms with Crippen molar-refractivity contribution in [3.05, 3.63) is 48.5 Å². The van der Waals surface area contributed by atoms with Crippen molar-refractivity contribution in [2.45, 2.75) is 51.4 Å². The predicted molar refractivity (Wildman–Crippen MR) is 104 cm³/mol. The van der Waals surface area contributed by atoms with Crippen LogP contribution in [-0.2, 0) is 9.59 Å². The summed E-state index contributed by atoms with van der Waals surface area (Å²) in [6.45, 7) is 0. The number of hydrogen-bond donors (Lipinski definition) is 2. The van der Waals surface area contributed by atoms with E-state index < -0.39 is 0 Å². The Labute approximate surface area is 164 Å². The lowest BCUT2D eigenvalue weighted by molar-refractivity contribution is -0.135. The predicted octanol–water partition coefficient (Wildman–Crippen LogP) is 4.73. The number of aromatic hydroxyl groups is 2. The van der Waals surface area contributed by atoms with E-state index in [1.807, 2.05) is 0 Å². The number of esters is 2. The van der Waals surface area contributed by atoms with Gasteiger partial charge in [0.2, 0.25) is 0 Å². The molecule has 0 spiro atoms. The van der Waals surface area contributed by atoms with Gasteiger partial charge < -0.3 is 19.7 Å². The SMILES string of the molecule is O=C(CCCCCCCCC(=O)Oc1ccccc1O)Oc1ccccc1O. The lowest BCUT2D eigenvalue weighted by atomic mass is 10.1. The third kappa shape index (κ3) is 7.70. The Morgan fingerprint density at radius 2 is 0.964 bits per heavy atom. The van der Waals surface area contributed by atoms with Gasteiger partial charge in [0.25, 0.3) is 0 Å². The molecule has 6 nitrogen and oxygen atoms in total. The second-order valence-electron chi connectivity index (χ2n) is 6.50. The number of rotatable bonds is 11. The number of ether oxygens (including phenoxy) is 2. The normalized spacial score (nSPS) is 10.4. The molecule has 6 heteroatoms. The van der Waals surface area contributed by atoms with Crippen LogP contribution in [0.2, 0.25) is 0 Å². The first-order valence-electron chi connectivity index (χ1n) is 9.53. The van der Waals surface area contributed by atoms with Crippen molar-refractivity contribution in [2.75, 3.05) is 0 Å². The molecule has 0 radical (unpaired) electrons. The molecule has 0 aliphatic heterocycles. The molecule has 0 aliphatic rings. The van der Waals surface area contributed by atoms with Crippen molar-refractivity contribution in [3.8, 4) is 23.0 Å². The maximum Gasteiger partial charge on any atom is 0.311 e. The number of unbranched alkanes of at least 4 members (excludes halogenated alkanes) is 5. The van der Waals surface area contributed by atoms with E-state index in [2.05, 4.69) is 0 Å². The maximum atomic E-state index is 11.7. The van der Waals surface area contributed by atoms with Gasteiger partial charge in [0.1, 0.15) is 0 Å². The number of hydrogen-bond acceptors (Lipinski definition) is 6. The van der Waals surface area contributed by atoms with Gasteiger partial charge in [-0.3, -0.25) is 9.59 Å². The number of carbonyl (C=O) groups excluding carboxylic acids is 2. The zero-order chi connectivity index (χ0) is 20.2. The molecule has 0 aromatic heterocycles. The van der Waals surface area contributed by atoms with Crippen molar-refractivity contribution in [2.24, 2.45) is 0 Å². The van der Waals surface area contributed by atoms with E-state index >= 15 is 0 Å². The highest BCUT2D eigenvalue weighted by Crippen LogP contribution is 2.26. The van der Waals surface area contributed by atoms with Gasteiger partial charge in [0.05, 0.1) is 0 Å². The zero-order valence-corrected chi connectivity index (χ0v) is 15.8. The summed E-state index contributed by atoms with van der Waals surface area (Å²) in [4.78, 5) is 23.5. The minimum absolute atomic E-state index is 0.0446. The van der Waals surface area contributed by atoms with E-state index in [0.29, 0.717) is 12.8 Å². The summed E-state index contributed by atoms with van der Waals surface area (Å²) >= 11 is 0. The van der Waals surface area contributed by atoms with Gasteiger partial charge in [-0.2, -0.15) is 0 Å². The zero-order valence-electron chi connectivity index (χ0n) is 15.8. The summed E-state index contributed by atoms with van der Waals surface area (Å²) in [6.07, 6.45) is 5.80. The van der Waals surface area contributed by atoms with Crippen LogP contribution in [0.15, 0.2) is 48.5 Å². The van der Waals surface area contributed by atoms with Crippen LogP contribution in [-0.4, -0.2) is 22.2 Å². The van der Waals surface area contributed by atoms with Gasteiger partial charge >= 0.3 is 11.9 Å². The molecule has 0 atom stereocenters. The van der Waals surface area contributed by atoms with Crippen LogP contribution in [0, 0.1) is 0 Å². The molecule has 2 aromatic carbocycles. The molecule has 0 saturated carbocycles.